The van der Waals surface area contributed by atoms with Crippen molar-refractivity contribution in [3.05, 3.63) is 162 Å². The SMILES string of the molecule is Cc1ccc(C2=CC=CC(C=CC(=O)c3ccccc3)(c3ccc(Oc4cnc5ccccc5n4)cc3)C2)cc1. The number of allylic oxidation sites excluding steroid dienone is 6. The molecule has 1 aliphatic carbocycles. The Hall–Kier alpha value is -5.09. The van der Waals surface area contributed by atoms with Gasteiger partial charge in [-0.3, -0.25) is 4.79 Å². The molecule has 40 heavy (non-hydrogen) atoms. The molecule has 4 heteroatoms. The molecule has 0 radical (unpaired) electrons. The summed E-state index contributed by atoms with van der Waals surface area (Å²) in [6.45, 7) is 2.09. The first-order valence-electron chi connectivity index (χ1n) is 13.3. The first-order chi connectivity index (χ1) is 19.6. The second-order valence-electron chi connectivity index (χ2n) is 10.0. The Kier molecular flexibility index (Phi) is 6.90. The summed E-state index contributed by atoms with van der Waals surface area (Å²) in [5.41, 5.74) is 6.46. The van der Waals surface area contributed by atoms with Crippen molar-refractivity contribution < 1.29 is 9.53 Å². The molecule has 1 unspecified atom stereocenters. The van der Waals surface area contributed by atoms with E-state index in [-0.39, 0.29) is 5.78 Å². The lowest BCUT2D eigenvalue weighted by molar-refractivity contribution is 0.104. The van der Waals surface area contributed by atoms with E-state index >= 15 is 0 Å². The van der Waals surface area contributed by atoms with E-state index < -0.39 is 5.41 Å². The second kappa shape index (κ2) is 11.0. The minimum Gasteiger partial charge on any atom is -0.437 e. The Morgan fingerprint density at radius 1 is 0.850 bits per heavy atom. The van der Waals surface area contributed by atoms with Crippen LogP contribution in [0.25, 0.3) is 16.6 Å². The topological polar surface area (TPSA) is 52.1 Å². The predicted molar refractivity (Wildman–Crippen MR) is 161 cm³/mol. The number of para-hydroxylation sites is 2. The van der Waals surface area contributed by atoms with Crippen LogP contribution in [-0.4, -0.2) is 15.8 Å². The summed E-state index contributed by atoms with van der Waals surface area (Å²) in [5, 5.41) is 0. The van der Waals surface area contributed by atoms with E-state index in [1.54, 1.807) is 12.3 Å². The Labute approximate surface area is 234 Å². The highest BCUT2D eigenvalue weighted by atomic mass is 16.5. The van der Waals surface area contributed by atoms with Gasteiger partial charge >= 0.3 is 0 Å². The third-order valence-electron chi connectivity index (χ3n) is 7.23. The van der Waals surface area contributed by atoms with Crippen molar-refractivity contribution in [2.24, 2.45) is 0 Å². The summed E-state index contributed by atoms with van der Waals surface area (Å²) in [6.07, 6.45) is 12.5. The molecule has 0 spiro atoms. The monoisotopic (exact) mass is 520 g/mol. The van der Waals surface area contributed by atoms with Crippen molar-refractivity contribution in [2.75, 3.05) is 0 Å². The maximum atomic E-state index is 13.0. The Bertz CT molecular complexity index is 1750. The van der Waals surface area contributed by atoms with Gasteiger partial charge in [-0.2, -0.15) is 0 Å². The lowest BCUT2D eigenvalue weighted by Crippen LogP contribution is -2.23. The van der Waals surface area contributed by atoms with Gasteiger partial charge in [-0.1, -0.05) is 109 Å². The third kappa shape index (κ3) is 5.38. The lowest BCUT2D eigenvalue weighted by atomic mass is 9.71. The number of aromatic nitrogens is 2. The summed E-state index contributed by atoms with van der Waals surface area (Å²) in [6, 6.07) is 33.7. The van der Waals surface area contributed by atoms with Gasteiger partial charge in [0.25, 0.3) is 0 Å². The van der Waals surface area contributed by atoms with Gasteiger partial charge in [0.1, 0.15) is 5.75 Å². The van der Waals surface area contributed by atoms with Crippen molar-refractivity contribution in [3.63, 3.8) is 0 Å². The van der Waals surface area contributed by atoms with E-state index in [4.69, 9.17) is 4.74 Å². The molecule has 0 saturated heterocycles. The summed E-state index contributed by atoms with van der Waals surface area (Å²) in [4.78, 5) is 22.1. The molecule has 0 saturated carbocycles. The highest BCUT2D eigenvalue weighted by Crippen LogP contribution is 2.41. The zero-order chi connectivity index (χ0) is 27.4. The smallest absolute Gasteiger partial charge is 0.238 e. The lowest BCUT2D eigenvalue weighted by Gasteiger charge is -2.32. The van der Waals surface area contributed by atoms with Crippen LogP contribution in [0, 0.1) is 6.92 Å². The molecule has 1 aliphatic rings. The van der Waals surface area contributed by atoms with Crippen LogP contribution < -0.4 is 4.74 Å². The summed E-state index contributed by atoms with van der Waals surface area (Å²) in [5.74, 6) is 1.09. The highest BCUT2D eigenvalue weighted by molar-refractivity contribution is 6.04. The van der Waals surface area contributed by atoms with Crippen LogP contribution in [-0.2, 0) is 5.41 Å². The van der Waals surface area contributed by atoms with Gasteiger partial charge in [-0.05, 0) is 60.4 Å². The van der Waals surface area contributed by atoms with E-state index in [1.807, 2.05) is 72.8 Å². The summed E-state index contributed by atoms with van der Waals surface area (Å²) < 4.78 is 6.04. The fourth-order valence-electron chi connectivity index (χ4n) is 5.01. The van der Waals surface area contributed by atoms with Crippen LogP contribution in [0.4, 0.5) is 0 Å². The molecule has 0 fully saturated rings. The minimum absolute atomic E-state index is 0.0188. The highest BCUT2D eigenvalue weighted by Gasteiger charge is 2.30. The number of hydrogen-bond acceptors (Lipinski definition) is 4. The molecular formula is C36H28N2O2. The normalized spacial score (nSPS) is 16.7. The number of carbonyl (C=O) groups is 1. The number of rotatable bonds is 7. The van der Waals surface area contributed by atoms with E-state index in [0.717, 1.165) is 23.0 Å². The number of benzene rings is 4. The quantitative estimate of drug-likeness (QED) is 0.160. The largest absolute Gasteiger partial charge is 0.437 e. The molecule has 0 N–H and O–H groups in total. The number of nitrogens with zero attached hydrogens (tertiary/aromatic N) is 2. The molecular weight excluding hydrogens is 492 g/mol. The van der Waals surface area contributed by atoms with Crippen LogP contribution in [0.1, 0.15) is 33.5 Å². The van der Waals surface area contributed by atoms with Crippen LogP contribution >= 0.6 is 0 Å². The fraction of sp³-hybridized carbons (Fsp3) is 0.0833. The van der Waals surface area contributed by atoms with Crippen LogP contribution in [0.3, 0.4) is 0 Å². The summed E-state index contributed by atoms with van der Waals surface area (Å²) >= 11 is 0. The maximum Gasteiger partial charge on any atom is 0.238 e. The molecule has 4 nitrogen and oxygen atoms in total. The first-order valence-corrected chi connectivity index (χ1v) is 13.3. The van der Waals surface area contributed by atoms with Crippen molar-refractivity contribution in [1.29, 1.82) is 0 Å². The molecule has 1 heterocycles. The van der Waals surface area contributed by atoms with Gasteiger partial charge in [0.2, 0.25) is 5.88 Å². The number of ether oxygens (including phenoxy) is 1. The summed E-state index contributed by atoms with van der Waals surface area (Å²) in [7, 11) is 0. The molecule has 0 bridgehead atoms. The molecule has 4 aromatic carbocycles. The van der Waals surface area contributed by atoms with Crippen LogP contribution in [0.5, 0.6) is 11.6 Å². The van der Waals surface area contributed by atoms with Crippen molar-refractivity contribution in [3.8, 4) is 11.6 Å². The number of aryl methyl sites for hydroxylation is 1. The molecule has 6 rings (SSSR count). The first kappa shape index (κ1) is 25.2. The van der Waals surface area contributed by atoms with E-state index in [1.165, 1.54) is 16.7 Å². The zero-order valence-electron chi connectivity index (χ0n) is 22.2. The average Bonchev–Trinajstić information content (AvgIpc) is 3.01. The molecule has 5 aromatic rings. The van der Waals surface area contributed by atoms with Gasteiger partial charge in [0.05, 0.1) is 17.2 Å². The average molecular weight is 521 g/mol. The fourth-order valence-corrected chi connectivity index (χ4v) is 5.01. The standard InChI is InChI=1S/C36H28N2O2/c1-26-13-15-27(16-14-26)29-10-7-22-36(24-29,23-21-34(39)28-8-3-2-4-9-28)30-17-19-31(20-18-30)40-35-25-37-32-11-5-6-12-33(32)38-35/h2-23,25H,24H2,1H3. The molecule has 0 aliphatic heterocycles. The Morgan fingerprint density at radius 2 is 1.57 bits per heavy atom. The Balaban J connectivity index is 1.31. The van der Waals surface area contributed by atoms with Crippen molar-refractivity contribution in [1.82, 2.24) is 9.97 Å². The van der Waals surface area contributed by atoms with E-state index in [2.05, 4.69) is 71.5 Å². The van der Waals surface area contributed by atoms with Gasteiger partial charge in [-0.15, -0.1) is 0 Å². The predicted octanol–water partition coefficient (Wildman–Crippen LogP) is 8.45. The minimum atomic E-state index is -0.499. The number of ketones is 1. The van der Waals surface area contributed by atoms with E-state index in [0.29, 0.717) is 17.2 Å². The molecule has 1 atom stereocenters. The molecule has 0 amide bonds. The number of hydrogen-bond donors (Lipinski definition) is 0. The van der Waals surface area contributed by atoms with Gasteiger partial charge in [0, 0.05) is 11.0 Å². The van der Waals surface area contributed by atoms with Gasteiger partial charge < -0.3 is 4.74 Å². The van der Waals surface area contributed by atoms with E-state index in [9.17, 15) is 4.79 Å². The van der Waals surface area contributed by atoms with Crippen LogP contribution in [0.2, 0.25) is 0 Å². The van der Waals surface area contributed by atoms with Gasteiger partial charge in [-0.25, -0.2) is 9.97 Å². The number of carbonyl (C=O) groups excluding carboxylic acids is 1. The molecule has 194 valence electrons. The third-order valence-corrected chi connectivity index (χ3v) is 7.23. The molecule has 1 aromatic heterocycles. The zero-order valence-corrected chi connectivity index (χ0v) is 22.2. The second-order valence-corrected chi connectivity index (χ2v) is 10.0. The van der Waals surface area contributed by atoms with Crippen molar-refractivity contribution >= 4 is 22.4 Å². The maximum absolute atomic E-state index is 13.0. The van der Waals surface area contributed by atoms with Crippen LogP contribution in [0.15, 0.2) is 140 Å². The van der Waals surface area contributed by atoms with Gasteiger partial charge in [0.15, 0.2) is 5.78 Å². The Morgan fingerprint density at radius 3 is 2.35 bits per heavy atom. The van der Waals surface area contributed by atoms with Crippen molar-refractivity contribution in [2.45, 2.75) is 18.8 Å². The number of fused-ring (bicyclic) bond motifs is 1.